The van der Waals surface area contributed by atoms with E-state index in [0.717, 1.165) is 18.2 Å². The summed E-state index contributed by atoms with van der Waals surface area (Å²) in [7, 11) is -3.91. The van der Waals surface area contributed by atoms with E-state index in [1.807, 2.05) is 13.8 Å². The van der Waals surface area contributed by atoms with Crippen LogP contribution < -0.4 is 10.5 Å². The van der Waals surface area contributed by atoms with E-state index in [1.165, 1.54) is 0 Å². The summed E-state index contributed by atoms with van der Waals surface area (Å²) in [4.78, 5) is 9.56. The van der Waals surface area contributed by atoms with Crippen molar-refractivity contribution in [2.24, 2.45) is 11.7 Å². The lowest BCUT2D eigenvalue weighted by Gasteiger charge is -2.15. The van der Waals surface area contributed by atoms with Gasteiger partial charge in [0.25, 0.3) is 0 Å². The Balaban J connectivity index is 2.88. The van der Waals surface area contributed by atoms with Crippen molar-refractivity contribution in [3.63, 3.8) is 0 Å². The molecule has 0 aromatic heterocycles. The number of nitro benzene ring substituents is 1. The third-order valence-electron chi connectivity index (χ3n) is 2.76. The molecular weight excluding hydrogens is 298 g/mol. The van der Waals surface area contributed by atoms with E-state index >= 15 is 0 Å². The standard InChI is InChI=1S/C12H19N3O5S/c1-8(2)5-9(13)7-14-21(19,20)10-3-4-12(16)11(6-10)15(17)18/h3-4,6,8-9,14,16H,5,7,13H2,1-2H3. The molecule has 0 aliphatic rings. The van der Waals surface area contributed by atoms with Crippen LogP contribution in [0.1, 0.15) is 20.3 Å². The molecule has 1 unspecified atom stereocenters. The molecule has 21 heavy (non-hydrogen) atoms. The lowest BCUT2D eigenvalue weighted by Crippen LogP contribution is -2.38. The summed E-state index contributed by atoms with van der Waals surface area (Å²) in [5, 5.41) is 20.0. The van der Waals surface area contributed by atoms with Crippen LogP contribution in [0, 0.1) is 16.0 Å². The summed E-state index contributed by atoms with van der Waals surface area (Å²) < 4.78 is 26.4. The van der Waals surface area contributed by atoms with Crippen LogP contribution in [-0.4, -0.2) is 31.0 Å². The minimum atomic E-state index is -3.91. The molecule has 0 fully saturated rings. The Bertz CT molecular complexity index is 615. The Morgan fingerprint density at radius 2 is 2.05 bits per heavy atom. The van der Waals surface area contributed by atoms with E-state index in [1.54, 1.807) is 0 Å². The summed E-state index contributed by atoms with van der Waals surface area (Å²) in [5.74, 6) is -0.255. The Morgan fingerprint density at radius 3 is 2.57 bits per heavy atom. The number of aromatic hydroxyl groups is 1. The number of hydrogen-bond donors (Lipinski definition) is 3. The van der Waals surface area contributed by atoms with Gasteiger partial charge in [0.05, 0.1) is 9.82 Å². The first-order chi connectivity index (χ1) is 9.63. The number of nitrogens with one attached hydrogen (secondary N) is 1. The maximum atomic E-state index is 12.0. The third-order valence-corrected chi connectivity index (χ3v) is 4.18. The first kappa shape index (κ1) is 17.3. The van der Waals surface area contributed by atoms with Crippen molar-refractivity contribution < 1.29 is 18.4 Å². The van der Waals surface area contributed by atoms with Crippen molar-refractivity contribution in [1.29, 1.82) is 0 Å². The molecule has 118 valence electrons. The van der Waals surface area contributed by atoms with Crippen molar-refractivity contribution >= 4 is 15.7 Å². The number of sulfonamides is 1. The molecule has 9 heteroatoms. The molecule has 1 atom stereocenters. The molecule has 0 saturated heterocycles. The molecule has 0 bridgehead atoms. The average molecular weight is 317 g/mol. The smallest absolute Gasteiger partial charge is 0.312 e. The predicted octanol–water partition coefficient (Wildman–Crippen LogP) is 0.952. The second-order valence-corrected chi connectivity index (χ2v) is 6.92. The molecule has 8 nitrogen and oxygen atoms in total. The molecule has 0 heterocycles. The fourth-order valence-electron chi connectivity index (χ4n) is 1.81. The second-order valence-electron chi connectivity index (χ2n) is 5.15. The maximum absolute atomic E-state index is 12.0. The second kappa shape index (κ2) is 6.83. The van der Waals surface area contributed by atoms with Crippen LogP contribution in [0.15, 0.2) is 23.1 Å². The van der Waals surface area contributed by atoms with Gasteiger partial charge in [0, 0.05) is 18.7 Å². The molecule has 0 radical (unpaired) electrons. The zero-order valence-corrected chi connectivity index (χ0v) is 12.6. The first-order valence-electron chi connectivity index (χ1n) is 6.36. The molecule has 0 aliphatic carbocycles. The van der Waals surface area contributed by atoms with Gasteiger partial charge in [0.2, 0.25) is 10.0 Å². The monoisotopic (exact) mass is 317 g/mol. The number of nitro groups is 1. The normalized spacial score (nSPS) is 13.3. The molecule has 0 amide bonds. The Morgan fingerprint density at radius 1 is 1.43 bits per heavy atom. The van der Waals surface area contributed by atoms with E-state index in [-0.39, 0.29) is 17.5 Å². The highest BCUT2D eigenvalue weighted by Crippen LogP contribution is 2.28. The SMILES string of the molecule is CC(C)CC(N)CNS(=O)(=O)c1ccc(O)c([N+](=O)[O-])c1. The highest BCUT2D eigenvalue weighted by Gasteiger charge is 2.21. The van der Waals surface area contributed by atoms with E-state index in [4.69, 9.17) is 5.73 Å². The molecular formula is C12H19N3O5S. The van der Waals surface area contributed by atoms with Crippen LogP contribution in [0.25, 0.3) is 0 Å². The van der Waals surface area contributed by atoms with Gasteiger partial charge in [-0.2, -0.15) is 0 Å². The fraction of sp³-hybridized carbons (Fsp3) is 0.500. The number of hydrogen-bond acceptors (Lipinski definition) is 6. The van der Waals surface area contributed by atoms with Crippen LogP contribution in [-0.2, 0) is 10.0 Å². The Kier molecular flexibility index (Phi) is 5.64. The summed E-state index contributed by atoms with van der Waals surface area (Å²) >= 11 is 0. The molecule has 0 saturated carbocycles. The van der Waals surface area contributed by atoms with Crippen molar-refractivity contribution in [2.45, 2.75) is 31.2 Å². The number of phenolic OH excluding ortho intramolecular Hbond substituents is 1. The average Bonchev–Trinajstić information content (AvgIpc) is 2.35. The fourth-order valence-corrected chi connectivity index (χ4v) is 2.92. The predicted molar refractivity (Wildman–Crippen MR) is 77.4 cm³/mol. The van der Waals surface area contributed by atoms with Crippen LogP contribution in [0.5, 0.6) is 5.75 Å². The van der Waals surface area contributed by atoms with Gasteiger partial charge < -0.3 is 10.8 Å². The van der Waals surface area contributed by atoms with Gasteiger partial charge in [0.1, 0.15) is 0 Å². The van der Waals surface area contributed by atoms with Crippen LogP contribution in [0.4, 0.5) is 5.69 Å². The molecule has 1 aromatic carbocycles. The van der Waals surface area contributed by atoms with Gasteiger partial charge in [-0.3, -0.25) is 10.1 Å². The quantitative estimate of drug-likeness (QED) is 0.506. The van der Waals surface area contributed by atoms with E-state index in [2.05, 4.69) is 4.72 Å². The summed E-state index contributed by atoms with van der Waals surface area (Å²) in [6.07, 6.45) is 0.651. The molecule has 4 N–H and O–H groups in total. The van der Waals surface area contributed by atoms with E-state index < -0.39 is 26.4 Å². The Hall–Kier alpha value is -1.71. The third kappa shape index (κ3) is 4.96. The lowest BCUT2D eigenvalue weighted by atomic mass is 10.1. The number of rotatable bonds is 7. The minimum Gasteiger partial charge on any atom is -0.502 e. The van der Waals surface area contributed by atoms with Gasteiger partial charge in [-0.15, -0.1) is 0 Å². The summed E-state index contributed by atoms with van der Waals surface area (Å²) in [6.45, 7) is 3.98. The van der Waals surface area contributed by atoms with Crippen LogP contribution in [0.2, 0.25) is 0 Å². The summed E-state index contributed by atoms with van der Waals surface area (Å²) in [5.41, 5.74) is 5.12. The number of phenols is 1. The van der Waals surface area contributed by atoms with Gasteiger partial charge in [-0.05, 0) is 24.5 Å². The maximum Gasteiger partial charge on any atom is 0.312 e. The number of benzene rings is 1. The first-order valence-corrected chi connectivity index (χ1v) is 7.84. The van der Waals surface area contributed by atoms with Crippen molar-refractivity contribution in [2.75, 3.05) is 6.54 Å². The minimum absolute atomic E-state index is 0.0369. The van der Waals surface area contributed by atoms with Gasteiger partial charge in [0.15, 0.2) is 5.75 Å². The zero-order chi connectivity index (χ0) is 16.2. The number of nitrogens with zero attached hydrogens (tertiary/aromatic N) is 1. The van der Waals surface area contributed by atoms with Crippen molar-refractivity contribution in [3.05, 3.63) is 28.3 Å². The topological polar surface area (TPSA) is 136 Å². The van der Waals surface area contributed by atoms with Crippen molar-refractivity contribution in [1.82, 2.24) is 4.72 Å². The molecule has 0 aliphatic heterocycles. The highest BCUT2D eigenvalue weighted by atomic mass is 32.2. The van der Waals surface area contributed by atoms with E-state index in [0.29, 0.717) is 12.3 Å². The van der Waals surface area contributed by atoms with Gasteiger partial charge in [-0.25, -0.2) is 13.1 Å². The molecule has 1 rings (SSSR count). The Labute approximate surface area is 123 Å². The largest absolute Gasteiger partial charge is 0.502 e. The highest BCUT2D eigenvalue weighted by molar-refractivity contribution is 7.89. The van der Waals surface area contributed by atoms with Gasteiger partial charge >= 0.3 is 5.69 Å². The lowest BCUT2D eigenvalue weighted by molar-refractivity contribution is -0.386. The summed E-state index contributed by atoms with van der Waals surface area (Å²) in [6, 6.07) is 2.54. The van der Waals surface area contributed by atoms with Crippen LogP contribution in [0.3, 0.4) is 0 Å². The number of nitrogens with two attached hydrogens (primary N) is 1. The van der Waals surface area contributed by atoms with Crippen molar-refractivity contribution in [3.8, 4) is 5.75 Å². The van der Waals surface area contributed by atoms with E-state index in [9.17, 15) is 23.6 Å². The van der Waals surface area contributed by atoms with Crippen LogP contribution >= 0.6 is 0 Å². The zero-order valence-electron chi connectivity index (χ0n) is 11.8. The molecule has 0 spiro atoms. The van der Waals surface area contributed by atoms with Gasteiger partial charge in [-0.1, -0.05) is 13.8 Å². The molecule has 1 aromatic rings.